The number of rotatable bonds is 4. The maximum Gasteiger partial charge on any atom is 0.264 e. The first-order valence-corrected chi connectivity index (χ1v) is 8.20. The second kappa shape index (κ2) is 6.51. The first kappa shape index (κ1) is 15.1. The first-order valence-electron chi connectivity index (χ1n) is 7.32. The lowest BCUT2D eigenvalue weighted by atomic mass is 9.91. The second-order valence-electron chi connectivity index (χ2n) is 5.34. The average molecular weight is 317 g/mol. The molecule has 0 bridgehead atoms. The Kier molecular flexibility index (Phi) is 4.47. The Bertz CT molecular complexity index is 644. The van der Waals surface area contributed by atoms with Crippen molar-refractivity contribution in [3.63, 3.8) is 0 Å². The van der Waals surface area contributed by atoms with Gasteiger partial charge in [0.15, 0.2) is 0 Å². The first-order chi connectivity index (χ1) is 10.7. The molecule has 1 saturated heterocycles. The minimum Gasteiger partial charge on any atom is -0.334 e. The molecule has 0 spiro atoms. The van der Waals surface area contributed by atoms with Crippen molar-refractivity contribution >= 4 is 17.2 Å². The van der Waals surface area contributed by atoms with Gasteiger partial charge in [0.05, 0.1) is 23.4 Å². The number of nitrogens with one attached hydrogen (secondary N) is 3. The fourth-order valence-corrected chi connectivity index (χ4v) is 3.53. The van der Waals surface area contributed by atoms with Crippen LogP contribution in [0.15, 0.2) is 30.0 Å². The molecular formula is C15H19N5OS. The van der Waals surface area contributed by atoms with Crippen molar-refractivity contribution < 1.29 is 4.79 Å². The van der Waals surface area contributed by atoms with Crippen LogP contribution in [0, 0.1) is 12.8 Å². The highest BCUT2D eigenvalue weighted by Gasteiger charge is 2.36. The molecule has 3 rings (SSSR count). The van der Waals surface area contributed by atoms with Crippen LogP contribution in [0.2, 0.25) is 0 Å². The van der Waals surface area contributed by atoms with Crippen LogP contribution in [0.25, 0.3) is 0 Å². The highest BCUT2D eigenvalue weighted by molar-refractivity contribution is 7.11. The van der Waals surface area contributed by atoms with Gasteiger partial charge in [-0.3, -0.25) is 9.78 Å². The zero-order valence-corrected chi connectivity index (χ0v) is 13.4. The molecule has 6 nitrogen and oxygen atoms in total. The molecule has 0 saturated carbocycles. The highest BCUT2D eigenvalue weighted by Crippen LogP contribution is 2.30. The molecule has 0 radical (unpaired) electrons. The van der Waals surface area contributed by atoms with Crippen LogP contribution in [-0.4, -0.2) is 22.0 Å². The van der Waals surface area contributed by atoms with E-state index in [0.717, 1.165) is 12.1 Å². The Morgan fingerprint density at radius 3 is 2.77 bits per heavy atom. The van der Waals surface area contributed by atoms with Crippen LogP contribution in [0.3, 0.4) is 0 Å². The van der Waals surface area contributed by atoms with Gasteiger partial charge in [-0.25, -0.2) is 15.8 Å². The zero-order chi connectivity index (χ0) is 15.5. The molecule has 3 unspecified atom stereocenters. The van der Waals surface area contributed by atoms with Crippen molar-refractivity contribution in [2.75, 3.05) is 0 Å². The number of amides is 1. The van der Waals surface area contributed by atoms with E-state index in [2.05, 4.69) is 33.1 Å². The monoisotopic (exact) mass is 317 g/mol. The summed E-state index contributed by atoms with van der Waals surface area (Å²) < 4.78 is 0. The molecule has 3 N–H and O–H groups in total. The van der Waals surface area contributed by atoms with Crippen LogP contribution < -0.4 is 16.2 Å². The molecular weight excluding hydrogens is 298 g/mol. The average Bonchev–Trinajstić information content (AvgIpc) is 3.14. The molecule has 3 heterocycles. The third kappa shape index (κ3) is 2.87. The predicted octanol–water partition coefficient (Wildman–Crippen LogP) is 1.78. The quantitative estimate of drug-likeness (QED) is 0.801. The maximum atomic E-state index is 12.4. The van der Waals surface area contributed by atoms with Gasteiger partial charge in [0, 0.05) is 18.3 Å². The number of nitrogens with zero attached hydrogens (tertiary/aromatic N) is 2. The number of carbonyl (C=O) groups excluding carboxylic acids is 1. The van der Waals surface area contributed by atoms with Crippen molar-refractivity contribution in [2.45, 2.75) is 32.5 Å². The van der Waals surface area contributed by atoms with Crippen molar-refractivity contribution in [3.8, 4) is 0 Å². The summed E-state index contributed by atoms with van der Waals surface area (Å²) in [5.74, 6) is 0.188. The maximum absolute atomic E-state index is 12.4. The molecule has 1 aliphatic rings. The second-order valence-corrected chi connectivity index (χ2v) is 6.19. The minimum atomic E-state index is -0.114. The number of aryl methyl sites for hydroxylation is 1. The lowest BCUT2D eigenvalue weighted by Crippen LogP contribution is -2.46. The van der Waals surface area contributed by atoms with Gasteiger partial charge in [-0.2, -0.15) is 0 Å². The number of hydrogen-bond acceptors (Lipinski definition) is 6. The summed E-state index contributed by atoms with van der Waals surface area (Å²) in [6, 6.07) is 4.15. The molecule has 116 valence electrons. The molecule has 2 aromatic heterocycles. The summed E-state index contributed by atoms with van der Waals surface area (Å²) in [4.78, 5) is 21.2. The molecule has 0 aliphatic carbocycles. The van der Waals surface area contributed by atoms with Gasteiger partial charge in [-0.1, -0.05) is 6.92 Å². The summed E-state index contributed by atoms with van der Waals surface area (Å²) in [6.07, 6.45) is 4.41. The standard InChI is InChI=1S/C15H19N5OS/c1-3-11-12(10-4-6-16-7-5-10)19-20-14(11)18-15(21)13-9(2)17-8-22-13/h4-8,11-12,14,19-20H,3H2,1-2H3,(H,18,21). The Labute approximate surface area is 133 Å². The number of hydrazine groups is 1. The number of thiazole rings is 1. The summed E-state index contributed by atoms with van der Waals surface area (Å²) in [7, 11) is 0. The normalized spacial score (nSPS) is 24.4. The van der Waals surface area contributed by atoms with E-state index >= 15 is 0 Å². The topological polar surface area (TPSA) is 78.9 Å². The van der Waals surface area contributed by atoms with Gasteiger partial charge in [-0.05, 0) is 31.0 Å². The molecule has 0 aromatic carbocycles. The fourth-order valence-electron chi connectivity index (χ4n) is 2.83. The van der Waals surface area contributed by atoms with E-state index in [1.165, 1.54) is 16.9 Å². The lowest BCUT2D eigenvalue weighted by Gasteiger charge is -2.22. The molecule has 1 fully saturated rings. The predicted molar refractivity (Wildman–Crippen MR) is 85.1 cm³/mol. The molecule has 22 heavy (non-hydrogen) atoms. The van der Waals surface area contributed by atoms with Crippen molar-refractivity contribution in [2.24, 2.45) is 5.92 Å². The molecule has 7 heteroatoms. The molecule has 1 aliphatic heterocycles. The SMILES string of the molecule is CCC1C(NC(=O)c2scnc2C)NNC1c1ccncc1. The van der Waals surface area contributed by atoms with E-state index in [9.17, 15) is 4.79 Å². The molecule has 3 atom stereocenters. The molecule has 2 aromatic rings. The highest BCUT2D eigenvalue weighted by atomic mass is 32.1. The number of aromatic nitrogens is 2. The summed E-state index contributed by atoms with van der Waals surface area (Å²) in [5.41, 5.74) is 10.1. The van der Waals surface area contributed by atoms with E-state index in [-0.39, 0.29) is 24.0 Å². The Balaban J connectivity index is 1.73. The van der Waals surface area contributed by atoms with Gasteiger partial charge in [0.25, 0.3) is 5.91 Å². The van der Waals surface area contributed by atoms with E-state index in [1.807, 2.05) is 19.1 Å². The van der Waals surface area contributed by atoms with Crippen molar-refractivity contribution in [3.05, 3.63) is 46.2 Å². The van der Waals surface area contributed by atoms with Gasteiger partial charge in [-0.15, -0.1) is 11.3 Å². The van der Waals surface area contributed by atoms with Crippen molar-refractivity contribution in [1.29, 1.82) is 0 Å². The third-order valence-electron chi connectivity index (χ3n) is 4.03. The summed E-state index contributed by atoms with van der Waals surface area (Å²) in [6.45, 7) is 3.98. The van der Waals surface area contributed by atoms with Gasteiger partial charge >= 0.3 is 0 Å². The Morgan fingerprint density at radius 2 is 2.14 bits per heavy atom. The van der Waals surface area contributed by atoms with Crippen LogP contribution in [0.1, 0.15) is 40.3 Å². The summed E-state index contributed by atoms with van der Waals surface area (Å²) in [5, 5.41) is 3.07. The van der Waals surface area contributed by atoms with Crippen LogP contribution in [-0.2, 0) is 0 Å². The van der Waals surface area contributed by atoms with Crippen LogP contribution >= 0.6 is 11.3 Å². The molecule has 1 amide bonds. The number of hydrogen-bond donors (Lipinski definition) is 3. The van der Waals surface area contributed by atoms with E-state index in [1.54, 1.807) is 17.9 Å². The smallest absolute Gasteiger partial charge is 0.264 e. The Hall–Kier alpha value is -1.83. The van der Waals surface area contributed by atoms with Crippen LogP contribution in [0.5, 0.6) is 0 Å². The fraction of sp³-hybridized carbons (Fsp3) is 0.400. The Morgan fingerprint density at radius 1 is 1.36 bits per heavy atom. The summed E-state index contributed by atoms with van der Waals surface area (Å²) >= 11 is 1.37. The van der Waals surface area contributed by atoms with E-state index < -0.39 is 0 Å². The number of pyridine rings is 1. The lowest BCUT2D eigenvalue weighted by molar-refractivity contribution is 0.0923. The number of carbonyl (C=O) groups is 1. The van der Waals surface area contributed by atoms with E-state index in [4.69, 9.17) is 0 Å². The largest absolute Gasteiger partial charge is 0.334 e. The third-order valence-corrected chi connectivity index (χ3v) is 4.95. The van der Waals surface area contributed by atoms with Gasteiger partial charge in [0.1, 0.15) is 4.88 Å². The zero-order valence-electron chi connectivity index (χ0n) is 12.5. The minimum absolute atomic E-state index is 0.0758. The van der Waals surface area contributed by atoms with Crippen LogP contribution in [0.4, 0.5) is 0 Å². The van der Waals surface area contributed by atoms with Gasteiger partial charge < -0.3 is 5.32 Å². The van der Waals surface area contributed by atoms with Crippen molar-refractivity contribution in [1.82, 2.24) is 26.1 Å². The van der Waals surface area contributed by atoms with E-state index in [0.29, 0.717) is 4.88 Å². The van der Waals surface area contributed by atoms with Gasteiger partial charge in [0.2, 0.25) is 0 Å².